The summed E-state index contributed by atoms with van der Waals surface area (Å²) in [6, 6.07) is 1.40. The van der Waals surface area contributed by atoms with Crippen LogP contribution in [0.2, 0.25) is 0 Å². The van der Waals surface area contributed by atoms with Gasteiger partial charge in [0.25, 0.3) is 0 Å². The van der Waals surface area contributed by atoms with Crippen molar-refractivity contribution in [2.45, 2.75) is 64.6 Å². The third kappa shape index (κ3) is 3.46. The molecule has 4 atom stereocenters. The average molecular weight is 254 g/mol. The first-order valence-corrected chi connectivity index (χ1v) is 7.83. The molecule has 0 aromatic heterocycles. The lowest BCUT2D eigenvalue weighted by Gasteiger charge is -2.40. The van der Waals surface area contributed by atoms with Crippen molar-refractivity contribution >= 4 is 0 Å². The summed E-state index contributed by atoms with van der Waals surface area (Å²) in [7, 11) is 0. The minimum Gasteiger partial charge on any atom is -0.376 e. The van der Waals surface area contributed by atoms with Crippen molar-refractivity contribution in [3.63, 3.8) is 0 Å². The maximum absolute atomic E-state index is 5.79. The van der Waals surface area contributed by atoms with Crippen LogP contribution >= 0.6 is 0 Å². The van der Waals surface area contributed by atoms with Crippen molar-refractivity contribution in [3.05, 3.63) is 0 Å². The molecule has 1 aliphatic heterocycles. The first kappa shape index (κ1) is 14.3. The van der Waals surface area contributed by atoms with Crippen LogP contribution in [-0.2, 0) is 4.74 Å². The molecule has 1 saturated carbocycles. The summed E-state index contributed by atoms with van der Waals surface area (Å²) in [5, 5.41) is 3.67. The summed E-state index contributed by atoms with van der Waals surface area (Å²) in [6.07, 6.45) is 5.80. The lowest BCUT2D eigenvalue weighted by atomic mass is 10.0. The van der Waals surface area contributed by atoms with Crippen molar-refractivity contribution in [2.75, 3.05) is 26.2 Å². The smallest absolute Gasteiger partial charge is 0.0674 e. The van der Waals surface area contributed by atoms with Gasteiger partial charge in [0.05, 0.1) is 12.7 Å². The molecule has 0 spiro atoms. The van der Waals surface area contributed by atoms with Crippen LogP contribution in [0.25, 0.3) is 0 Å². The minimum atomic E-state index is 0.409. The van der Waals surface area contributed by atoms with Gasteiger partial charge in [0.2, 0.25) is 0 Å². The van der Waals surface area contributed by atoms with E-state index < -0.39 is 0 Å². The van der Waals surface area contributed by atoms with Gasteiger partial charge >= 0.3 is 0 Å². The number of hydrogen-bond acceptors (Lipinski definition) is 3. The highest BCUT2D eigenvalue weighted by molar-refractivity contribution is 4.88. The molecule has 1 heterocycles. The molecule has 1 saturated heterocycles. The number of ether oxygens (including phenoxy) is 1. The van der Waals surface area contributed by atoms with Crippen LogP contribution < -0.4 is 5.32 Å². The van der Waals surface area contributed by atoms with Crippen molar-refractivity contribution < 1.29 is 4.74 Å². The van der Waals surface area contributed by atoms with E-state index >= 15 is 0 Å². The third-order valence-corrected chi connectivity index (χ3v) is 4.65. The zero-order valence-electron chi connectivity index (χ0n) is 12.3. The molecule has 106 valence electrons. The molecule has 0 aromatic rings. The van der Waals surface area contributed by atoms with E-state index in [-0.39, 0.29) is 0 Å². The molecule has 1 N–H and O–H groups in total. The number of nitrogens with zero attached hydrogens (tertiary/aromatic N) is 1. The summed E-state index contributed by atoms with van der Waals surface area (Å²) >= 11 is 0. The Labute approximate surface area is 112 Å². The molecular formula is C15H30N2O. The Balaban J connectivity index is 1.89. The predicted molar refractivity (Wildman–Crippen MR) is 75.9 cm³/mol. The number of nitrogens with one attached hydrogen (secondary N) is 1. The molecule has 0 amide bonds. The Morgan fingerprint density at radius 3 is 2.83 bits per heavy atom. The van der Waals surface area contributed by atoms with Crippen LogP contribution in [0, 0.1) is 5.92 Å². The minimum absolute atomic E-state index is 0.409. The van der Waals surface area contributed by atoms with E-state index in [4.69, 9.17) is 4.74 Å². The molecule has 1 aliphatic carbocycles. The van der Waals surface area contributed by atoms with Gasteiger partial charge in [0.15, 0.2) is 0 Å². The van der Waals surface area contributed by atoms with E-state index in [0.717, 1.165) is 31.7 Å². The van der Waals surface area contributed by atoms with Crippen LogP contribution in [0.3, 0.4) is 0 Å². The van der Waals surface area contributed by atoms with Gasteiger partial charge in [-0.25, -0.2) is 0 Å². The van der Waals surface area contributed by atoms with E-state index in [2.05, 4.69) is 31.0 Å². The topological polar surface area (TPSA) is 24.5 Å². The van der Waals surface area contributed by atoms with Gasteiger partial charge in [0, 0.05) is 25.2 Å². The van der Waals surface area contributed by atoms with Gasteiger partial charge in [-0.15, -0.1) is 0 Å². The summed E-state index contributed by atoms with van der Waals surface area (Å²) in [5.74, 6) is 0.851. The molecule has 3 heteroatoms. The van der Waals surface area contributed by atoms with Crippen molar-refractivity contribution in [3.8, 4) is 0 Å². The zero-order valence-corrected chi connectivity index (χ0v) is 12.3. The van der Waals surface area contributed by atoms with Gasteiger partial charge < -0.3 is 10.1 Å². The van der Waals surface area contributed by atoms with Crippen LogP contribution in [0.1, 0.15) is 46.5 Å². The summed E-state index contributed by atoms with van der Waals surface area (Å²) in [4.78, 5) is 2.69. The lowest BCUT2D eigenvalue weighted by molar-refractivity contribution is -0.0613. The fraction of sp³-hybridized carbons (Fsp3) is 1.00. The Morgan fingerprint density at radius 1 is 1.28 bits per heavy atom. The Morgan fingerprint density at radius 2 is 2.11 bits per heavy atom. The molecule has 0 radical (unpaired) electrons. The first-order chi connectivity index (χ1) is 8.74. The SMILES string of the molecule is CCNC1CCCC1CN1CC(C)OCC1CC. The monoisotopic (exact) mass is 254 g/mol. The van der Waals surface area contributed by atoms with E-state index in [9.17, 15) is 0 Å². The standard InChI is InChI=1S/C15H30N2O/c1-4-14-11-18-12(3)9-17(14)10-13-7-6-8-15(13)16-5-2/h12-16H,4-11H2,1-3H3. The highest BCUT2D eigenvalue weighted by atomic mass is 16.5. The second kappa shape index (κ2) is 6.88. The highest BCUT2D eigenvalue weighted by Gasteiger charge is 2.32. The second-order valence-corrected chi connectivity index (χ2v) is 6.02. The van der Waals surface area contributed by atoms with Crippen LogP contribution in [0.15, 0.2) is 0 Å². The molecular weight excluding hydrogens is 224 g/mol. The predicted octanol–water partition coefficient (Wildman–Crippen LogP) is 2.26. The fourth-order valence-electron chi connectivity index (χ4n) is 3.60. The van der Waals surface area contributed by atoms with Gasteiger partial charge in [0.1, 0.15) is 0 Å². The van der Waals surface area contributed by atoms with Gasteiger partial charge in [-0.1, -0.05) is 20.3 Å². The summed E-state index contributed by atoms with van der Waals surface area (Å²) < 4.78 is 5.79. The van der Waals surface area contributed by atoms with Gasteiger partial charge in [-0.2, -0.15) is 0 Å². The van der Waals surface area contributed by atoms with Crippen molar-refractivity contribution in [1.82, 2.24) is 10.2 Å². The maximum atomic E-state index is 5.79. The van der Waals surface area contributed by atoms with Crippen LogP contribution in [-0.4, -0.2) is 49.3 Å². The molecule has 4 unspecified atom stereocenters. The normalized spacial score (nSPS) is 38.2. The molecule has 2 aliphatic rings. The Hall–Kier alpha value is -0.120. The Kier molecular flexibility index (Phi) is 5.46. The van der Waals surface area contributed by atoms with E-state index in [0.29, 0.717) is 12.1 Å². The maximum Gasteiger partial charge on any atom is 0.0674 e. The van der Waals surface area contributed by atoms with E-state index in [1.807, 2.05) is 0 Å². The van der Waals surface area contributed by atoms with E-state index in [1.54, 1.807) is 0 Å². The molecule has 18 heavy (non-hydrogen) atoms. The average Bonchev–Trinajstić information content (AvgIpc) is 2.78. The van der Waals surface area contributed by atoms with E-state index in [1.165, 1.54) is 32.2 Å². The summed E-state index contributed by atoms with van der Waals surface area (Å²) in [5.41, 5.74) is 0. The van der Waals surface area contributed by atoms with Crippen molar-refractivity contribution in [1.29, 1.82) is 0 Å². The first-order valence-electron chi connectivity index (χ1n) is 7.83. The summed E-state index contributed by atoms with van der Waals surface area (Å²) in [6.45, 7) is 11.1. The second-order valence-electron chi connectivity index (χ2n) is 6.02. The largest absolute Gasteiger partial charge is 0.376 e. The molecule has 2 fully saturated rings. The Bertz CT molecular complexity index is 247. The number of rotatable bonds is 5. The van der Waals surface area contributed by atoms with Crippen LogP contribution in [0.4, 0.5) is 0 Å². The molecule has 0 bridgehead atoms. The third-order valence-electron chi connectivity index (χ3n) is 4.65. The lowest BCUT2D eigenvalue weighted by Crippen LogP contribution is -2.51. The number of morpholine rings is 1. The highest BCUT2D eigenvalue weighted by Crippen LogP contribution is 2.28. The molecule has 3 nitrogen and oxygen atoms in total. The molecule has 2 rings (SSSR count). The van der Waals surface area contributed by atoms with Gasteiger partial charge in [-0.05, 0) is 38.6 Å². The molecule has 0 aromatic carbocycles. The number of hydrogen-bond donors (Lipinski definition) is 1. The zero-order chi connectivity index (χ0) is 13.0. The van der Waals surface area contributed by atoms with Crippen LogP contribution in [0.5, 0.6) is 0 Å². The van der Waals surface area contributed by atoms with Crippen molar-refractivity contribution in [2.24, 2.45) is 5.92 Å². The van der Waals surface area contributed by atoms with Gasteiger partial charge in [-0.3, -0.25) is 4.90 Å². The quantitative estimate of drug-likeness (QED) is 0.814. The fourth-order valence-corrected chi connectivity index (χ4v) is 3.60.